The van der Waals surface area contributed by atoms with E-state index >= 15 is 0 Å². The van der Waals surface area contributed by atoms with Crippen LogP contribution in [-0.4, -0.2) is 50.1 Å². The summed E-state index contributed by atoms with van der Waals surface area (Å²) in [4.78, 5) is 21.3. The third-order valence-electron chi connectivity index (χ3n) is 3.76. The molecule has 2 aromatic rings. The Bertz CT molecular complexity index is 823. The van der Waals surface area contributed by atoms with E-state index in [0.717, 1.165) is 5.56 Å². The highest BCUT2D eigenvalue weighted by molar-refractivity contribution is 6.45. The number of amides is 1. The number of rotatable bonds is 11. The molecule has 1 aromatic carbocycles. The van der Waals surface area contributed by atoms with Crippen LogP contribution in [0, 0.1) is 0 Å². The van der Waals surface area contributed by atoms with Crippen molar-refractivity contribution in [2.75, 3.05) is 27.4 Å². The van der Waals surface area contributed by atoms with Gasteiger partial charge in [-0.25, -0.2) is 0 Å². The van der Waals surface area contributed by atoms with Crippen LogP contribution in [0.2, 0.25) is 0 Å². The van der Waals surface area contributed by atoms with Crippen LogP contribution in [0.1, 0.15) is 25.0 Å². The Morgan fingerprint density at radius 1 is 1.07 bits per heavy atom. The highest BCUT2D eigenvalue weighted by Crippen LogP contribution is 2.17. The third-order valence-corrected chi connectivity index (χ3v) is 3.76. The summed E-state index contributed by atoms with van der Waals surface area (Å²) in [5.41, 5.74) is 1.56. The molecular formula is C21H27N3O5. The second kappa shape index (κ2) is 11.7. The molecule has 0 spiro atoms. The maximum Gasteiger partial charge on any atom is 0.273 e. The topological polar surface area (TPSA) is 91.3 Å². The van der Waals surface area contributed by atoms with Crippen LogP contribution in [0.3, 0.4) is 0 Å². The smallest absolute Gasteiger partial charge is 0.273 e. The van der Waals surface area contributed by atoms with Crippen LogP contribution in [0.4, 0.5) is 0 Å². The number of carbonyl (C=O) groups excluding carboxylic acids is 1. The van der Waals surface area contributed by atoms with Crippen LogP contribution in [-0.2, 0) is 21.0 Å². The zero-order valence-electron chi connectivity index (χ0n) is 17.2. The Kier molecular flexibility index (Phi) is 8.91. The molecule has 0 aliphatic heterocycles. The van der Waals surface area contributed by atoms with Gasteiger partial charge in [0.1, 0.15) is 20.3 Å². The number of hydrogen-bond acceptors (Lipinski definition) is 7. The van der Waals surface area contributed by atoms with E-state index in [0.29, 0.717) is 30.5 Å². The van der Waals surface area contributed by atoms with Crippen LogP contribution in [0.5, 0.6) is 11.8 Å². The predicted octanol–water partition coefficient (Wildman–Crippen LogP) is 2.56. The second-order valence-electron chi connectivity index (χ2n) is 6.23. The van der Waals surface area contributed by atoms with E-state index in [4.69, 9.17) is 19.0 Å². The number of hydrogen-bond donors (Lipinski definition) is 1. The Morgan fingerprint density at radius 2 is 1.79 bits per heavy atom. The average Bonchev–Trinajstić information content (AvgIpc) is 2.73. The zero-order valence-corrected chi connectivity index (χ0v) is 17.2. The molecule has 0 aliphatic carbocycles. The molecule has 0 fully saturated rings. The van der Waals surface area contributed by atoms with Crippen LogP contribution < -0.4 is 14.8 Å². The molecule has 0 bridgehead atoms. The number of carbonyl (C=O) groups is 1. The Morgan fingerprint density at radius 3 is 2.48 bits per heavy atom. The lowest BCUT2D eigenvalue weighted by atomic mass is 10.0. The molecular weight excluding hydrogens is 374 g/mol. The van der Waals surface area contributed by atoms with Crippen molar-refractivity contribution in [3.05, 3.63) is 53.6 Å². The molecule has 0 atom stereocenters. The molecule has 0 saturated carbocycles. The highest BCUT2D eigenvalue weighted by atomic mass is 16.6. The van der Waals surface area contributed by atoms with Crippen molar-refractivity contribution in [3.63, 3.8) is 0 Å². The maximum atomic E-state index is 12.1. The quantitative estimate of drug-likeness (QED) is 0.354. The van der Waals surface area contributed by atoms with Gasteiger partial charge in [-0.15, -0.1) is 0 Å². The van der Waals surface area contributed by atoms with E-state index < -0.39 is 0 Å². The Balaban J connectivity index is 2.06. The molecule has 156 valence electrons. The van der Waals surface area contributed by atoms with Gasteiger partial charge in [-0.05, 0) is 19.4 Å². The van der Waals surface area contributed by atoms with Gasteiger partial charge in [0.05, 0.1) is 12.7 Å². The molecule has 1 N–H and O–H groups in total. The van der Waals surface area contributed by atoms with E-state index in [-0.39, 0.29) is 24.3 Å². The predicted molar refractivity (Wildman–Crippen MR) is 109 cm³/mol. The minimum Gasteiger partial charge on any atom is -0.475 e. The van der Waals surface area contributed by atoms with Crippen LogP contribution in [0.15, 0.2) is 47.6 Å². The van der Waals surface area contributed by atoms with Crippen LogP contribution >= 0.6 is 0 Å². The molecule has 0 radical (unpaired) electrons. The van der Waals surface area contributed by atoms with Gasteiger partial charge in [-0.1, -0.05) is 35.5 Å². The van der Waals surface area contributed by atoms with Gasteiger partial charge in [0, 0.05) is 24.7 Å². The number of aromatic nitrogens is 1. The zero-order chi connectivity index (χ0) is 21.1. The lowest BCUT2D eigenvalue weighted by Crippen LogP contribution is -2.29. The van der Waals surface area contributed by atoms with E-state index in [1.807, 2.05) is 32.0 Å². The van der Waals surface area contributed by atoms with E-state index in [1.165, 1.54) is 14.2 Å². The average molecular weight is 401 g/mol. The number of oxime groups is 1. The molecule has 0 unspecified atom stereocenters. The summed E-state index contributed by atoms with van der Waals surface area (Å²) >= 11 is 0. The van der Waals surface area contributed by atoms with Gasteiger partial charge in [0.25, 0.3) is 5.91 Å². The Labute approximate surface area is 170 Å². The molecule has 8 nitrogen and oxygen atoms in total. The number of benzene rings is 1. The number of ether oxygens (including phenoxy) is 3. The molecule has 2 rings (SSSR count). The molecule has 1 aromatic heterocycles. The van der Waals surface area contributed by atoms with Crippen molar-refractivity contribution in [1.29, 1.82) is 0 Å². The first-order valence-corrected chi connectivity index (χ1v) is 9.31. The van der Waals surface area contributed by atoms with Crippen molar-refractivity contribution >= 4 is 11.6 Å². The van der Waals surface area contributed by atoms with E-state index in [9.17, 15) is 4.79 Å². The van der Waals surface area contributed by atoms with Crippen molar-refractivity contribution in [2.45, 2.75) is 26.6 Å². The summed E-state index contributed by atoms with van der Waals surface area (Å²) in [6.07, 6.45) is 0.155. The SMILES string of the molecule is CNC(=O)/C(=N/OC)c1ccccc1COc1cccc(OCCOC(C)C)n1. The number of nitrogens with zero attached hydrogens (tertiary/aromatic N) is 2. The standard InChI is InChI=1S/C21H27N3O5/c1-15(2)27-12-13-28-18-10-7-11-19(23-18)29-14-16-8-5-6-9-17(16)20(24-26-4)21(25)22-3/h5-11,15H,12-14H2,1-4H3,(H,22,25)/b24-20+. The highest BCUT2D eigenvalue weighted by Gasteiger charge is 2.17. The fraction of sp³-hybridized carbons (Fsp3) is 0.381. The lowest BCUT2D eigenvalue weighted by molar-refractivity contribution is -0.114. The Hall–Kier alpha value is -3.13. The minimum atomic E-state index is -0.351. The second-order valence-corrected chi connectivity index (χ2v) is 6.23. The summed E-state index contributed by atoms with van der Waals surface area (Å²) in [6.45, 7) is 5.02. The van der Waals surface area contributed by atoms with Gasteiger partial charge in [0.2, 0.25) is 11.8 Å². The summed E-state index contributed by atoms with van der Waals surface area (Å²) < 4.78 is 16.8. The summed E-state index contributed by atoms with van der Waals surface area (Å²) in [5.74, 6) is 0.513. The van der Waals surface area contributed by atoms with Gasteiger partial charge >= 0.3 is 0 Å². The largest absolute Gasteiger partial charge is 0.475 e. The number of nitrogens with one attached hydrogen (secondary N) is 1. The maximum absolute atomic E-state index is 12.1. The lowest BCUT2D eigenvalue weighted by Gasteiger charge is -2.12. The van der Waals surface area contributed by atoms with Crippen molar-refractivity contribution < 1.29 is 23.8 Å². The fourth-order valence-electron chi connectivity index (χ4n) is 2.44. The van der Waals surface area contributed by atoms with Gasteiger partial charge in [-0.3, -0.25) is 4.79 Å². The molecule has 1 heterocycles. The number of pyridine rings is 1. The van der Waals surface area contributed by atoms with Gasteiger partial charge in [-0.2, -0.15) is 4.98 Å². The molecule has 29 heavy (non-hydrogen) atoms. The first-order valence-electron chi connectivity index (χ1n) is 9.31. The van der Waals surface area contributed by atoms with E-state index in [1.54, 1.807) is 24.3 Å². The summed E-state index contributed by atoms with van der Waals surface area (Å²) in [5, 5.41) is 6.41. The molecule has 1 amide bonds. The van der Waals surface area contributed by atoms with E-state index in [2.05, 4.69) is 15.5 Å². The van der Waals surface area contributed by atoms with Crippen molar-refractivity contribution in [1.82, 2.24) is 10.3 Å². The summed E-state index contributed by atoms with van der Waals surface area (Å²) in [6, 6.07) is 12.6. The van der Waals surface area contributed by atoms with Gasteiger partial charge < -0.3 is 24.4 Å². The van der Waals surface area contributed by atoms with Crippen molar-refractivity contribution in [3.8, 4) is 11.8 Å². The van der Waals surface area contributed by atoms with Crippen LogP contribution in [0.25, 0.3) is 0 Å². The monoisotopic (exact) mass is 401 g/mol. The first-order chi connectivity index (χ1) is 14.0. The van der Waals surface area contributed by atoms with Crippen molar-refractivity contribution in [2.24, 2.45) is 5.16 Å². The first kappa shape index (κ1) is 22.2. The number of likely N-dealkylation sites (N-methyl/N-ethyl adjacent to an activating group) is 1. The van der Waals surface area contributed by atoms with Gasteiger partial charge in [0.15, 0.2) is 5.71 Å². The molecule has 0 aliphatic rings. The molecule has 0 saturated heterocycles. The molecule has 8 heteroatoms. The minimum absolute atomic E-state index is 0.155. The third kappa shape index (κ3) is 7.08. The normalized spacial score (nSPS) is 11.3. The fourth-order valence-corrected chi connectivity index (χ4v) is 2.44. The summed E-state index contributed by atoms with van der Waals surface area (Å²) in [7, 11) is 2.93.